The normalized spacial score (nSPS) is 13.1. The lowest BCUT2D eigenvalue weighted by Gasteiger charge is -2.34. The number of benzene rings is 2. The van der Waals surface area contributed by atoms with Gasteiger partial charge in [-0.3, -0.25) is 9.78 Å². The van der Waals surface area contributed by atoms with Crippen molar-refractivity contribution >= 4 is 17.4 Å². The van der Waals surface area contributed by atoms with Crippen LogP contribution >= 0.6 is 0 Å². The quantitative estimate of drug-likeness (QED) is 0.326. The van der Waals surface area contributed by atoms with Gasteiger partial charge in [-0.1, -0.05) is 18.2 Å². The average molecular weight is 498 g/mol. The second-order valence-electron chi connectivity index (χ2n) is 7.19. The maximum Gasteiger partial charge on any atom is 0.460 e. The van der Waals surface area contributed by atoms with Gasteiger partial charge in [0.05, 0.1) is 11.9 Å². The fourth-order valence-electron chi connectivity index (χ4n) is 2.79. The second-order valence-corrected chi connectivity index (χ2v) is 7.19. The Labute approximate surface area is 185 Å². The van der Waals surface area contributed by atoms with Crippen LogP contribution in [0.15, 0.2) is 54.7 Å². The highest BCUT2D eigenvalue weighted by Crippen LogP contribution is 2.56. The molecule has 34 heavy (non-hydrogen) atoms. The number of H-pyrrole nitrogens is 1. The Morgan fingerprint density at radius 1 is 0.824 bits per heavy atom. The van der Waals surface area contributed by atoms with Crippen molar-refractivity contribution in [2.45, 2.75) is 30.9 Å². The largest absolute Gasteiger partial charge is 0.460 e. The van der Waals surface area contributed by atoms with Gasteiger partial charge in [0.2, 0.25) is 0 Å². The lowest BCUT2D eigenvalue weighted by Crippen LogP contribution is -2.60. The molecule has 5 nitrogen and oxygen atoms in total. The molecule has 3 aromatic rings. The lowest BCUT2D eigenvalue weighted by atomic mass is 10.0. The summed E-state index contributed by atoms with van der Waals surface area (Å²) in [7, 11) is 0. The SMILES string of the molecule is Cc1ccccc1NC(=O)Nc1ccc(-n2cc(C(F)(F)C(F)(F)C(F)(F)C(F)(F)F)[nH]2)cc1. The Kier molecular flexibility index (Phi) is 6.14. The molecule has 0 bridgehead atoms. The minimum Gasteiger partial charge on any atom is -0.308 e. The molecular formula is C20H15F9N4O. The highest BCUT2D eigenvalue weighted by atomic mass is 19.4. The molecule has 14 heteroatoms. The van der Waals surface area contributed by atoms with Crippen molar-refractivity contribution in [2.75, 3.05) is 10.6 Å². The fourth-order valence-corrected chi connectivity index (χ4v) is 2.79. The van der Waals surface area contributed by atoms with Gasteiger partial charge in [-0.25, -0.2) is 4.79 Å². The van der Waals surface area contributed by atoms with E-state index in [1.54, 1.807) is 36.3 Å². The molecular weight excluding hydrogens is 483 g/mol. The molecule has 1 heterocycles. The Hall–Kier alpha value is -3.58. The number of alkyl halides is 9. The first kappa shape index (κ1) is 25.1. The van der Waals surface area contributed by atoms with Gasteiger partial charge >= 0.3 is 30.0 Å². The number of para-hydroxylation sites is 1. The lowest BCUT2D eigenvalue weighted by molar-refractivity contribution is -0.400. The highest BCUT2D eigenvalue weighted by molar-refractivity contribution is 6.00. The maximum absolute atomic E-state index is 13.8. The molecule has 3 rings (SSSR count). The number of urea groups is 1. The van der Waals surface area contributed by atoms with Crippen molar-refractivity contribution in [3.63, 3.8) is 0 Å². The smallest absolute Gasteiger partial charge is 0.308 e. The van der Waals surface area contributed by atoms with Crippen LogP contribution in [0, 0.1) is 6.92 Å². The molecule has 2 aromatic carbocycles. The highest BCUT2D eigenvalue weighted by Gasteiger charge is 2.82. The summed E-state index contributed by atoms with van der Waals surface area (Å²) in [6.45, 7) is 1.77. The number of halogens is 9. The molecule has 0 aliphatic carbocycles. The zero-order valence-electron chi connectivity index (χ0n) is 17.0. The van der Waals surface area contributed by atoms with E-state index in [9.17, 15) is 44.3 Å². The number of hydrogen-bond donors (Lipinski definition) is 3. The molecule has 1 aromatic heterocycles. The van der Waals surface area contributed by atoms with E-state index in [4.69, 9.17) is 0 Å². The number of nitrogens with zero attached hydrogens (tertiary/aromatic N) is 1. The third-order valence-corrected chi connectivity index (χ3v) is 4.78. The van der Waals surface area contributed by atoms with Crippen molar-refractivity contribution in [2.24, 2.45) is 0 Å². The maximum atomic E-state index is 13.8. The predicted molar refractivity (Wildman–Crippen MR) is 104 cm³/mol. The zero-order chi connectivity index (χ0) is 25.5. The average Bonchev–Trinajstić information content (AvgIpc) is 2.68. The van der Waals surface area contributed by atoms with E-state index >= 15 is 0 Å². The predicted octanol–water partition coefficient (Wildman–Crippen LogP) is 6.68. The number of aryl methyl sites for hydroxylation is 1. The molecule has 0 fully saturated rings. The summed E-state index contributed by atoms with van der Waals surface area (Å²) in [4.78, 5) is 12.1. The van der Waals surface area contributed by atoms with Gasteiger partial charge in [0.25, 0.3) is 0 Å². The molecule has 0 atom stereocenters. The second kappa shape index (κ2) is 8.33. The summed E-state index contributed by atoms with van der Waals surface area (Å²) in [5, 5.41) is 6.72. The third kappa shape index (κ3) is 4.31. The van der Waals surface area contributed by atoms with Crippen LogP contribution in [-0.4, -0.2) is 33.8 Å². The topological polar surface area (TPSA) is 61.9 Å². The van der Waals surface area contributed by atoms with Gasteiger partial charge in [0, 0.05) is 11.4 Å². The minimum absolute atomic E-state index is 0.0373. The first-order valence-electron chi connectivity index (χ1n) is 9.30. The van der Waals surface area contributed by atoms with Crippen molar-refractivity contribution in [3.05, 3.63) is 66.0 Å². The molecule has 0 unspecified atom stereocenters. The summed E-state index contributed by atoms with van der Waals surface area (Å²) in [5.41, 5.74) is -0.194. The van der Waals surface area contributed by atoms with Crippen LogP contribution < -0.4 is 10.6 Å². The van der Waals surface area contributed by atoms with Crippen LogP contribution in [0.3, 0.4) is 0 Å². The summed E-state index contributed by atoms with van der Waals surface area (Å²) in [6, 6.07) is 11.4. The van der Waals surface area contributed by atoms with Crippen LogP contribution in [0.1, 0.15) is 11.3 Å². The third-order valence-electron chi connectivity index (χ3n) is 4.78. The van der Waals surface area contributed by atoms with Crippen LogP contribution in [0.25, 0.3) is 5.69 Å². The van der Waals surface area contributed by atoms with Gasteiger partial charge in [-0.05, 0) is 42.8 Å². The number of carbonyl (C=O) groups is 1. The number of hydrogen-bond acceptors (Lipinski definition) is 1. The van der Waals surface area contributed by atoms with Gasteiger partial charge in [-0.15, -0.1) is 0 Å². The molecule has 184 valence electrons. The number of anilines is 2. The summed E-state index contributed by atoms with van der Waals surface area (Å²) in [5.74, 6) is -19.6. The summed E-state index contributed by atoms with van der Waals surface area (Å²) < 4.78 is 118. The Morgan fingerprint density at radius 2 is 1.38 bits per heavy atom. The standard InChI is InChI=1S/C20H15F9N4O/c1-11-4-2-3-5-14(11)31-16(34)30-12-6-8-13(9-7-12)33-10-15(32-33)17(21,22)18(23,24)19(25,26)20(27,28)29/h2-10,32H,1H3,(H2,30,31,34). The number of amides is 2. The van der Waals surface area contributed by atoms with Crippen molar-refractivity contribution in [1.29, 1.82) is 0 Å². The first-order chi connectivity index (χ1) is 15.6. The van der Waals surface area contributed by atoms with E-state index in [1.165, 1.54) is 24.3 Å². The van der Waals surface area contributed by atoms with Crippen LogP contribution in [0.4, 0.5) is 55.7 Å². The van der Waals surface area contributed by atoms with Gasteiger partial charge in [-0.2, -0.15) is 39.5 Å². The van der Waals surface area contributed by atoms with E-state index < -0.39 is 35.7 Å². The molecule has 3 N–H and O–H groups in total. The monoisotopic (exact) mass is 498 g/mol. The molecule has 0 saturated heterocycles. The summed E-state index contributed by atoms with van der Waals surface area (Å²) >= 11 is 0. The van der Waals surface area contributed by atoms with Crippen molar-refractivity contribution in [1.82, 2.24) is 9.78 Å². The van der Waals surface area contributed by atoms with Crippen LogP contribution in [-0.2, 0) is 5.92 Å². The molecule has 0 aliphatic heterocycles. The molecule has 0 aliphatic rings. The van der Waals surface area contributed by atoms with E-state index in [0.717, 1.165) is 5.56 Å². The number of aromatic nitrogens is 2. The van der Waals surface area contributed by atoms with E-state index in [2.05, 4.69) is 10.6 Å². The zero-order valence-corrected chi connectivity index (χ0v) is 17.0. The molecule has 2 amide bonds. The molecule has 0 saturated carbocycles. The Balaban J connectivity index is 1.70. The Morgan fingerprint density at radius 3 is 1.91 bits per heavy atom. The number of rotatable bonds is 6. The van der Waals surface area contributed by atoms with Gasteiger partial charge in [0.1, 0.15) is 5.69 Å². The molecule has 0 spiro atoms. The number of carbonyl (C=O) groups excluding carboxylic acids is 1. The van der Waals surface area contributed by atoms with Crippen LogP contribution in [0.5, 0.6) is 0 Å². The van der Waals surface area contributed by atoms with E-state index in [0.29, 0.717) is 10.4 Å². The number of nitrogens with one attached hydrogen (secondary N) is 3. The first-order valence-corrected chi connectivity index (χ1v) is 9.30. The fraction of sp³-hybridized carbons (Fsp3) is 0.250. The van der Waals surface area contributed by atoms with Crippen molar-refractivity contribution in [3.8, 4) is 5.69 Å². The minimum atomic E-state index is -6.97. The van der Waals surface area contributed by atoms with Crippen LogP contribution in [0.2, 0.25) is 0 Å². The van der Waals surface area contributed by atoms with Gasteiger partial charge < -0.3 is 10.6 Å². The van der Waals surface area contributed by atoms with E-state index in [1.807, 2.05) is 0 Å². The number of aromatic amines is 1. The van der Waals surface area contributed by atoms with E-state index in [-0.39, 0.29) is 17.6 Å². The molecule has 0 radical (unpaired) electrons. The van der Waals surface area contributed by atoms with Crippen molar-refractivity contribution < 1.29 is 44.3 Å². The summed E-state index contributed by atoms with van der Waals surface area (Å²) in [6.07, 6.45) is -6.63. The van der Waals surface area contributed by atoms with Gasteiger partial charge in [0.15, 0.2) is 0 Å². The Bertz CT molecular complexity index is 1150.